The first-order valence-corrected chi connectivity index (χ1v) is 9.01. The molecule has 0 spiro atoms. The number of nitrogens with zero attached hydrogens (tertiary/aromatic N) is 2. The SMILES string of the molecule is CN1CC[C@@H]2CN(C(=O)Cc3cc4c(cc3Cl)OCCO4)C[C@@H]2C1=O. The highest BCUT2D eigenvalue weighted by molar-refractivity contribution is 6.31. The quantitative estimate of drug-likeness (QED) is 0.799. The third kappa shape index (κ3) is 3.03. The van der Waals surface area contributed by atoms with Crippen molar-refractivity contribution in [1.29, 1.82) is 0 Å². The van der Waals surface area contributed by atoms with Crippen LogP contribution in [-0.4, -0.2) is 61.5 Å². The lowest BCUT2D eigenvalue weighted by molar-refractivity contribution is -0.138. The lowest BCUT2D eigenvalue weighted by Gasteiger charge is -2.30. The number of carbonyl (C=O) groups excluding carboxylic acids is 2. The number of benzene rings is 1. The lowest BCUT2D eigenvalue weighted by Crippen LogP contribution is -2.42. The average molecular weight is 365 g/mol. The number of halogens is 1. The summed E-state index contributed by atoms with van der Waals surface area (Å²) in [4.78, 5) is 28.6. The van der Waals surface area contributed by atoms with Crippen molar-refractivity contribution < 1.29 is 19.1 Å². The van der Waals surface area contributed by atoms with E-state index in [4.69, 9.17) is 21.1 Å². The van der Waals surface area contributed by atoms with Crippen LogP contribution < -0.4 is 9.47 Å². The summed E-state index contributed by atoms with van der Waals surface area (Å²) in [6.45, 7) is 2.93. The predicted molar refractivity (Wildman–Crippen MR) is 92.0 cm³/mol. The Balaban J connectivity index is 1.47. The van der Waals surface area contributed by atoms with Gasteiger partial charge in [0.15, 0.2) is 11.5 Å². The standard InChI is InChI=1S/C18H21ClN2O4/c1-20-3-2-11-9-21(10-13(11)18(20)23)17(22)7-12-6-15-16(8-14(12)19)25-5-4-24-15/h6,8,11,13H,2-5,7,9-10H2,1H3/t11-,13+/m1/s1. The number of likely N-dealkylation sites (tertiary alicyclic amines) is 2. The number of hydrogen-bond acceptors (Lipinski definition) is 4. The van der Waals surface area contributed by atoms with E-state index in [0.29, 0.717) is 42.8 Å². The number of ether oxygens (including phenoxy) is 2. The lowest BCUT2D eigenvalue weighted by atomic mass is 9.88. The van der Waals surface area contributed by atoms with Crippen molar-refractivity contribution in [2.75, 3.05) is 39.9 Å². The zero-order valence-corrected chi connectivity index (χ0v) is 14.9. The van der Waals surface area contributed by atoms with Gasteiger partial charge in [-0.3, -0.25) is 9.59 Å². The van der Waals surface area contributed by atoms with Crippen LogP contribution in [0.25, 0.3) is 0 Å². The Labute approximate surface area is 151 Å². The molecule has 0 bridgehead atoms. The second kappa shape index (κ2) is 6.41. The molecular weight excluding hydrogens is 344 g/mol. The van der Waals surface area contributed by atoms with Gasteiger partial charge in [-0.05, 0) is 24.0 Å². The fourth-order valence-electron chi connectivity index (χ4n) is 3.92. The predicted octanol–water partition coefficient (Wildman–Crippen LogP) is 1.59. The van der Waals surface area contributed by atoms with Gasteiger partial charge in [-0.2, -0.15) is 0 Å². The van der Waals surface area contributed by atoms with E-state index in [-0.39, 0.29) is 30.1 Å². The van der Waals surface area contributed by atoms with E-state index < -0.39 is 0 Å². The minimum Gasteiger partial charge on any atom is -0.486 e. The highest BCUT2D eigenvalue weighted by Crippen LogP contribution is 2.36. The molecule has 1 aromatic rings. The van der Waals surface area contributed by atoms with Crippen molar-refractivity contribution in [1.82, 2.24) is 9.80 Å². The average Bonchev–Trinajstić information content (AvgIpc) is 3.04. The fraction of sp³-hybridized carbons (Fsp3) is 0.556. The van der Waals surface area contributed by atoms with Gasteiger partial charge in [0, 0.05) is 37.8 Å². The summed E-state index contributed by atoms with van der Waals surface area (Å²) in [6.07, 6.45) is 1.17. The summed E-state index contributed by atoms with van der Waals surface area (Å²) in [5, 5.41) is 0.505. The Morgan fingerprint density at radius 1 is 1.24 bits per heavy atom. The van der Waals surface area contributed by atoms with E-state index in [1.807, 2.05) is 7.05 Å². The highest BCUT2D eigenvalue weighted by atomic mass is 35.5. The highest BCUT2D eigenvalue weighted by Gasteiger charge is 2.43. The van der Waals surface area contributed by atoms with Gasteiger partial charge in [0.05, 0.1) is 12.3 Å². The van der Waals surface area contributed by atoms with Crippen molar-refractivity contribution in [3.8, 4) is 11.5 Å². The molecule has 7 heteroatoms. The van der Waals surface area contributed by atoms with E-state index >= 15 is 0 Å². The molecule has 2 saturated heterocycles. The van der Waals surface area contributed by atoms with E-state index in [2.05, 4.69) is 0 Å². The second-order valence-electron chi connectivity index (χ2n) is 6.98. The summed E-state index contributed by atoms with van der Waals surface area (Å²) in [5.41, 5.74) is 0.731. The summed E-state index contributed by atoms with van der Waals surface area (Å²) in [5.74, 6) is 1.63. The van der Waals surface area contributed by atoms with Crippen LogP contribution in [0.2, 0.25) is 5.02 Å². The van der Waals surface area contributed by atoms with Crippen LogP contribution in [0.1, 0.15) is 12.0 Å². The van der Waals surface area contributed by atoms with Gasteiger partial charge in [0.2, 0.25) is 11.8 Å². The molecule has 0 saturated carbocycles. The van der Waals surface area contributed by atoms with Crippen LogP contribution in [0.4, 0.5) is 0 Å². The van der Waals surface area contributed by atoms with Crippen LogP contribution in [0.5, 0.6) is 11.5 Å². The Kier molecular flexibility index (Phi) is 4.23. The number of rotatable bonds is 2. The van der Waals surface area contributed by atoms with Crippen LogP contribution in [0.15, 0.2) is 12.1 Å². The van der Waals surface area contributed by atoms with Gasteiger partial charge in [0.1, 0.15) is 13.2 Å². The van der Waals surface area contributed by atoms with Crippen LogP contribution in [0.3, 0.4) is 0 Å². The van der Waals surface area contributed by atoms with E-state index in [1.165, 1.54) is 0 Å². The normalized spacial score (nSPS) is 25.1. The molecule has 0 aliphatic carbocycles. The molecule has 0 N–H and O–H groups in total. The number of carbonyl (C=O) groups is 2. The second-order valence-corrected chi connectivity index (χ2v) is 7.39. The van der Waals surface area contributed by atoms with Crippen LogP contribution in [0, 0.1) is 11.8 Å². The molecule has 3 heterocycles. The first kappa shape index (κ1) is 16.5. The molecule has 6 nitrogen and oxygen atoms in total. The first-order chi connectivity index (χ1) is 12.0. The number of piperidine rings is 1. The third-order valence-electron chi connectivity index (χ3n) is 5.38. The number of fused-ring (bicyclic) bond motifs is 2. The Hall–Kier alpha value is -1.95. The zero-order chi connectivity index (χ0) is 17.6. The molecule has 134 valence electrons. The maximum Gasteiger partial charge on any atom is 0.227 e. The zero-order valence-electron chi connectivity index (χ0n) is 14.2. The van der Waals surface area contributed by atoms with Crippen molar-refractivity contribution >= 4 is 23.4 Å². The molecule has 2 fully saturated rings. The number of amides is 2. The smallest absolute Gasteiger partial charge is 0.227 e. The molecule has 0 aromatic heterocycles. The molecule has 0 unspecified atom stereocenters. The minimum atomic E-state index is -0.0570. The Bertz CT molecular complexity index is 723. The van der Waals surface area contributed by atoms with Gasteiger partial charge in [0.25, 0.3) is 0 Å². The Morgan fingerprint density at radius 2 is 1.96 bits per heavy atom. The Morgan fingerprint density at radius 3 is 2.72 bits per heavy atom. The van der Waals surface area contributed by atoms with E-state index in [1.54, 1.807) is 21.9 Å². The van der Waals surface area contributed by atoms with Crippen molar-refractivity contribution in [2.45, 2.75) is 12.8 Å². The van der Waals surface area contributed by atoms with Crippen molar-refractivity contribution in [3.05, 3.63) is 22.7 Å². The first-order valence-electron chi connectivity index (χ1n) is 8.63. The van der Waals surface area contributed by atoms with Crippen LogP contribution >= 0.6 is 11.6 Å². The summed E-state index contributed by atoms with van der Waals surface area (Å²) < 4.78 is 11.1. The summed E-state index contributed by atoms with van der Waals surface area (Å²) in [6, 6.07) is 3.50. The summed E-state index contributed by atoms with van der Waals surface area (Å²) >= 11 is 6.31. The molecule has 0 radical (unpaired) electrons. The molecule has 3 aliphatic heterocycles. The molecule has 25 heavy (non-hydrogen) atoms. The van der Waals surface area contributed by atoms with Gasteiger partial charge < -0.3 is 19.3 Å². The fourth-order valence-corrected chi connectivity index (χ4v) is 4.14. The topological polar surface area (TPSA) is 59.1 Å². The minimum absolute atomic E-state index is 0.00318. The van der Waals surface area contributed by atoms with Gasteiger partial charge in [-0.1, -0.05) is 11.6 Å². The van der Waals surface area contributed by atoms with Gasteiger partial charge in [-0.25, -0.2) is 0 Å². The van der Waals surface area contributed by atoms with Crippen molar-refractivity contribution in [3.63, 3.8) is 0 Å². The number of hydrogen-bond donors (Lipinski definition) is 0. The molecule has 1 aromatic carbocycles. The van der Waals surface area contributed by atoms with Crippen molar-refractivity contribution in [2.24, 2.45) is 11.8 Å². The third-order valence-corrected chi connectivity index (χ3v) is 5.73. The van der Waals surface area contributed by atoms with Crippen LogP contribution in [-0.2, 0) is 16.0 Å². The summed E-state index contributed by atoms with van der Waals surface area (Å²) in [7, 11) is 1.83. The van der Waals surface area contributed by atoms with E-state index in [9.17, 15) is 9.59 Å². The molecule has 2 atom stereocenters. The van der Waals surface area contributed by atoms with Gasteiger partial charge in [-0.15, -0.1) is 0 Å². The maximum absolute atomic E-state index is 12.7. The molecule has 2 amide bonds. The maximum atomic E-state index is 12.7. The van der Waals surface area contributed by atoms with E-state index in [0.717, 1.165) is 18.5 Å². The molecular formula is C18H21ClN2O4. The molecule has 3 aliphatic rings. The molecule has 4 rings (SSSR count). The monoisotopic (exact) mass is 364 g/mol. The largest absolute Gasteiger partial charge is 0.486 e. The van der Waals surface area contributed by atoms with Gasteiger partial charge >= 0.3 is 0 Å².